The van der Waals surface area contributed by atoms with Gasteiger partial charge < -0.3 is 14.4 Å². The molecule has 1 aliphatic rings. The van der Waals surface area contributed by atoms with Gasteiger partial charge in [0.2, 0.25) is 0 Å². The first-order valence-corrected chi connectivity index (χ1v) is 8.87. The van der Waals surface area contributed by atoms with Crippen LogP contribution in [0.4, 0.5) is 18.9 Å². The molecule has 0 saturated heterocycles. The first-order valence-electron chi connectivity index (χ1n) is 8.87. The molecule has 8 heteroatoms. The number of halogens is 3. The van der Waals surface area contributed by atoms with E-state index in [9.17, 15) is 22.8 Å². The van der Waals surface area contributed by atoms with E-state index < -0.39 is 35.0 Å². The molecule has 0 unspecified atom stereocenters. The second-order valence-corrected chi connectivity index (χ2v) is 6.05. The summed E-state index contributed by atoms with van der Waals surface area (Å²) >= 11 is 0. The van der Waals surface area contributed by atoms with Crippen molar-refractivity contribution >= 4 is 17.6 Å². The van der Waals surface area contributed by atoms with E-state index in [2.05, 4.69) is 0 Å². The highest BCUT2D eigenvalue weighted by atomic mass is 19.2. The molecule has 148 valence electrons. The van der Waals surface area contributed by atoms with Gasteiger partial charge in [-0.3, -0.25) is 0 Å². The molecule has 27 heavy (non-hydrogen) atoms. The molecule has 0 N–H and O–H groups in total. The van der Waals surface area contributed by atoms with Crippen LogP contribution >= 0.6 is 0 Å². The molecule has 0 radical (unpaired) electrons. The maximum absolute atomic E-state index is 13.7. The fourth-order valence-corrected chi connectivity index (χ4v) is 3.01. The van der Waals surface area contributed by atoms with Gasteiger partial charge >= 0.3 is 11.9 Å². The normalized spacial score (nSPS) is 14.0. The average molecular weight is 385 g/mol. The summed E-state index contributed by atoms with van der Waals surface area (Å²) in [6, 6.07) is 1.47. The molecule has 1 fully saturated rings. The van der Waals surface area contributed by atoms with Gasteiger partial charge in [0, 0.05) is 30.1 Å². The van der Waals surface area contributed by atoms with E-state index in [-0.39, 0.29) is 24.9 Å². The van der Waals surface area contributed by atoms with Crippen LogP contribution in [0.1, 0.15) is 39.5 Å². The SMILES string of the molecule is CCOC(=O)C(=CN(c1cc(F)c(F)c(F)c1)C1CCCC1)C(=O)OCC. The highest BCUT2D eigenvalue weighted by molar-refractivity contribution is 6.14. The van der Waals surface area contributed by atoms with Gasteiger partial charge in [0.05, 0.1) is 13.2 Å². The number of hydrogen-bond donors (Lipinski definition) is 0. The summed E-state index contributed by atoms with van der Waals surface area (Å²) in [5.41, 5.74) is -0.389. The number of anilines is 1. The smallest absolute Gasteiger partial charge is 0.347 e. The third kappa shape index (κ3) is 5.02. The Labute approximate surface area is 155 Å². The third-order valence-electron chi connectivity index (χ3n) is 4.24. The number of hydrogen-bond acceptors (Lipinski definition) is 5. The first kappa shape index (κ1) is 20.8. The van der Waals surface area contributed by atoms with Crippen LogP contribution in [-0.4, -0.2) is 31.2 Å². The zero-order chi connectivity index (χ0) is 20.0. The highest BCUT2D eigenvalue weighted by Crippen LogP contribution is 2.31. The van der Waals surface area contributed by atoms with E-state index in [0.29, 0.717) is 12.8 Å². The summed E-state index contributed by atoms with van der Waals surface area (Å²) in [7, 11) is 0. The molecule has 2 rings (SSSR count). The van der Waals surface area contributed by atoms with Crippen LogP contribution in [0.25, 0.3) is 0 Å². The van der Waals surface area contributed by atoms with Crippen molar-refractivity contribution in [2.45, 2.75) is 45.6 Å². The van der Waals surface area contributed by atoms with Crippen molar-refractivity contribution in [2.24, 2.45) is 0 Å². The van der Waals surface area contributed by atoms with Crippen molar-refractivity contribution in [3.63, 3.8) is 0 Å². The lowest BCUT2D eigenvalue weighted by atomic mass is 10.1. The fraction of sp³-hybridized carbons (Fsp3) is 0.474. The van der Waals surface area contributed by atoms with Crippen LogP contribution in [0, 0.1) is 17.5 Å². The number of rotatable bonds is 7. The van der Waals surface area contributed by atoms with Crippen LogP contribution in [-0.2, 0) is 19.1 Å². The zero-order valence-electron chi connectivity index (χ0n) is 15.3. The molecule has 1 saturated carbocycles. The monoisotopic (exact) mass is 385 g/mol. The van der Waals surface area contributed by atoms with Crippen molar-refractivity contribution in [1.82, 2.24) is 0 Å². The lowest BCUT2D eigenvalue weighted by Crippen LogP contribution is -2.31. The van der Waals surface area contributed by atoms with Crippen molar-refractivity contribution in [3.8, 4) is 0 Å². The number of benzene rings is 1. The van der Waals surface area contributed by atoms with E-state index in [4.69, 9.17) is 9.47 Å². The minimum atomic E-state index is -1.58. The Bertz CT molecular complexity index is 687. The van der Waals surface area contributed by atoms with E-state index >= 15 is 0 Å². The van der Waals surface area contributed by atoms with Crippen molar-refractivity contribution < 1.29 is 32.2 Å². The Morgan fingerprint density at radius 1 is 1.04 bits per heavy atom. The van der Waals surface area contributed by atoms with Gasteiger partial charge in [0.25, 0.3) is 0 Å². The summed E-state index contributed by atoms with van der Waals surface area (Å²) in [5.74, 6) is -6.08. The van der Waals surface area contributed by atoms with Gasteiger partial charge in [-0.25, -0.2) is 22.8 Å². The summed E-state index contributed by atoms with van der Waals surface area (Å²) in [4.78, 5) is 25.8. The summed E-state index contributed by atoms with van der Waals surface area (Å²) in [5, 5.41) is 0. The molecule has 1 aromatic carbocycles. The van der Waals surface area contributed by atoms with E-state index in [1.54, 1.807) is 13.8 Å². The first-order chi connectivity index (χ1) is 12.9. The van der Waals surface area contributed by atoms with Crippen molar-refractivity contribution in [1.29, 1.82) is 0 Å². The van der Waals surface area contributed by atoms with Gasteiger partial charge in [-0.15, -0.1) is 0 Å². The van der Waals surface area contributed by atoms with Crippen LogP contribution in [0.5, 0.6) is 0 Å². The number of ether oxygens (including phenoxy) is 2. The van der Waals surface area contributed by atoms with Gasteiger partial charge in [-0.2, -0.15) is 0 Å². The molecular formula is C19H22F3NO4. The topological polar surface area (TPSA) is 55.8 Å². The second-order valence-electron chi connectivity index (χ2n) is 6.05. The van der Waals surface area contributed by atoms with E-state index in [1.165, 1.54) is 11.1 Å². The number of esters is 2. The molecule has 0 bridgehead atoms. The Morgan fingerprint density at radius 2 is 1.52 bits per heavy atom. The summed E-state index contributed by atoms with van der Waals surface area (Å²) in [6.07, 6.45) is 4.33. The van der Waals surface area contributed by atoms with Crippen LogP contribution in [0.15, 0.2) is 23.9 Å². The molecule has 0 amide bonds. The van der Waals surface area contributed by atoms with E-state index in [1.807, 2.05) is 0 Å². The number of carbonyl (C=O) groups excluding carboxylic acids is 2. The molecule has 0 heterocycles. The molecule has 0 spiro atoms. The molecule has 1 aliphatic carbocycles. The van der Waals surface area contributed by atoms with Crippen LogP contribution < -0.4 is 4.90 Å². The third-order valence-corrected chi connectivity index (χ3v) is 4.24. The predicted molar refractivity (Wildman–Crippen MR) is 92.4 cm³/mol. The minimum absolute atomic E-state index is 0.00407. The number of nitrogens with zero attached hydrogens (tertiary/aromatic N) is 1. The van der Waals surface area contributed by atoms with Crippen LogP contribution in [0.3, 0.4) is 0 Å². The maximum Gasteiger partial charge on any atom is 0.347 e. The van der Waals surface area contributed by atoms with Gasteiger partial charge in [-0.05, 0) is 26.7 Å². The van der Waals surface area contributed by atoms with Crippen molar-refractivity contribution in [2.75, 3.05) is 18.1 Å². The lowest BCUT2D eigenvalue weighted by Gasteiger charge is -2.28. The van der Waals surface area contributed by atoms with E-state index in [0.717, 1.165) is 25.0 Å². The molecular weight excluding hydrogens is 363 g/mol. The largest absolute Gasteiger partial charge is 0.462 e. The Morgan fingerprint density at radius 3 is 1.96 bits per heavy atom. The molecule has 0 aromatic heterocycles. The number of carbonyl (C=O) groups is 2. The standard InChI is InChI=1S/C19H22F3NO4/c1-3-26-18(24)14(19(25)27-4-2)11-23(12-7-5-6-8-12)13-9-15(20)17(22)16(21)10-13/h9-12H,3-8H2,1-2H3. The fourth-order valence-electron chi connectivity index (χ4n) is 3.01. The van der Waals surface area contributed by atoms with Gasteiger partial charge in [-0.1, -0.05) is 12.8 Å². The molecule has 1 aromatic rings. The lowest BCUT2D eigenvalue weighted by molar-refractivity contribution is -0.146. The predicted octanol–water partition coefficient (Wildman–Crippen LogP) is 3.86. The quantitative estimate of drug-likeness (QED) is 0.235. The van der Waals surface area contributed by atoms with Gasteiger partial charge in [0.15, 0.2) is 23.0 Å². The maximum atomic E-state index is 13.7. The molecule has 0 atom stereocenters. The highest BCUT2D eigenvalue weighted by Gasteiger charge is 2.28. The zero-order valence-corrected chi connectivity index (χ0v) is 15.3. The molecule has 0 aliphatic heterocycles. The van der Waals surface area contributed by atoms with Gasteiger partial charge in [0.1, 0.15) is 0 Å². The summed E-state index contributed by atoms with van der Waals surface area (Å²) in [6.45, 7) is 3.25. The molecule has 5 nitrogen and oxygen atoms in total. The summed E-state index contributed by atoms with van der Waals surface area (Å²) < 4.78 is 50.6. The Balaban J connectivity index is 2.52. The Kier molecular flexibility index (Phi) is 7.27. The average Bonchev–Trinajstić information content (AvgIpc) is 3.14. The minimum Gasteiger partial charge on any atom is -0.462 e. The second kappa shape index (κ2) is 9.43. The van der Waals surface area contributed by atoms with Crippen molar-refractivity contribution in [3.05, 3.63) is 41.4 Å². The Hall–Kier alpha value is -2.51. The van der Waals surface area contributed by atoms with Crippen LogP contribution in [0.2, 0.25) is 0 Å².